The van der Waals surface area contributed by atoms with Crippen LogP contribution in [0.5, 0.6) is 0 Å². The van der Waals surface area contributed by atoms with Gasteiger partial charge in [-0.2, -0.15) is 0 Å². The van der Waals surface area contributed by atoms with E-state index in [0.29, 0.717) is 5.76 Å². The second-order valence-electron chi connectivity index (χ2n) is 2.23. The molecule has 0 fully saturated rings. The van der Waals surface area contributed by atoms with Crippen LogP contribution in [-0.4, -0.2) is 21.5 Å². The normalized spacial score (nSPS) is 15.4. The van der Waals surface area contributed by atoms with Crippen LogP contribution in [0.2, 0.25) is 0 Å². The van der Waals surface area contributed by atoms with E-state index >= 15 is 0 Å². The Labute approximate surface area is 100 Å². The van der Waals surface area contributed by atoms with Gasteiger partial charge in [-0.15, -0.1) is 0 Å². The monoisotopic (exact) mass is 308 g/mol. The number of methoxy groups -OCH3 is 1. The number of ether oxygens (including phenoxy) is 1. The highest BCUT2D eigenvalue weighted by atomic mass is 79.9. The first kappa shape index (κ1) is 13.6. The summed E-state index contributed by atoms with van der Waals surface area (Å²) < 4.78 is 2.97. The Morgan fingerprint density at radius 2 is 2.00 bits per heavy atom. The van der Waals surface area contributed by atoms with Gasteiger partial charge in [0.15, 0.2) is 0 Å². The zero-order valence-corrected chi connectivity index (χ0v) is 10.8. The lowest BCUT2D eigenvalue weighted by Crippen LogP contribution is -2.17. The first-order chi connectivity index (χ1) is 5.79. The molecule has 0 aliphatic heterocycles. The lowest BCUT2D eigenvalue weighted by atomic mass is 10.3. The Hall–Kier alpha value is 0.560. The molecule has 76 valence electrons. The standard InChI is InChI=1S/C7H8BrCl3O2/c1-4(8)5(13-2)3-6(12)7(9,10)11/h3-4H,1-2H3/b5-3-. The number of allylic oxidation sites excluding steroid dienone is 2. The zero-order valence-electron chi connectivity index (χ0n) is 6.98. The predicted octanol–water partition coefficient (Wildman–Crippen LogP) is 3.24. The number of ketones is 1. The number of carbonyl (C=O) groups excluding carboxylic acids is 1. The Bertz CT molecular complexity index is 220. The summed E-state index contributed by atoms with van der Waals surface area (Å²) in [7, 11) is 1.44. The number of halogens is 4. The van der Waals surface area contributed by atoms with Gasteiger partial charge in [0.2, 0.25) is 5.78 Å². The van der Waals surface area contributed by atoms with Crippen molar-refractivity contribution in [3.05, 3.63) is 11.8 Å². The van der Waals surface area contributed by atoms with Gasteiger partial charge in [-0.05, 0) is 6.92 Å². The Morgan fingerprint density at radius 1 is 1.54 bits per heavy atom. The number of alkyl halides is 4. The Morgan fingerprint density at radius 3 is 2.23 bits per heavy atom. The number of hydrogen-bond donors (Lipinski definition) is 0. The highest BCUT2D eigenvalue weighted by Gasteiger charge is 2.29. The molecule has 0 saturated heterocycles. The van der Waals surface area contributed by atoms with E-state index in [2.05, 4.69) is 15.9 Å². The maximum atomic E-state index is 11.2. The minimum Gasteiger partial charge on any atom is -0.500 e. The highest BCUT2D eigenvalue weighted by Crippen LogP contribution is 2.28. The van der Waals surface area contributed by atoms with E-state index in [4.69, 9.17) is 39.5 Å². The third kappa shape index (κ3) is 5.11. The molecule has 0 aromatic heterocycles. The minimum atomic E-state index is -1.92. The van der Waals surface area contributed by atoms with Crippen molar-refractivity contribution in [2.75, 3.05) is 7.11 Å². The second-order valence-corrected chi connectivity index (χ2v) is 5.88. The SMILES string of the molecule is CO/C(=C\C(=O)C(Cl)(Cl)Cl)C(C)Br. The van der Waals surface area contributed by atoms with Crippen LogP contribution in [0.1, 0.15) is 6.92 Å². The van der Waals surface area contributed by atoms with E-state index in [1.807, 2.05) is 0 Å². The topological polar surface area (TPSA) is 26.3 Å². The van der Waals surface area contributed by atoms with Crippen LogP contribution in [0.4, 0.5) is 0 Å². The summed E-state index contributed by atoms with van der Waals surface area (Å²) in [5.74, 6) is -0.211. The summed E-state index contributed by atoms with van der Waals surface area (Å²) in [5, 5.41) is 0. The van der Waals surface area contributed by atoms with Crippen LogP contribution < -0.4 is 0 Å². The van der Waals surface area contributed by atoms with Crippen LogP contribution in [0.15, 0.2) is 11.8 Å². The van der Waals surface area contributed by atoms with Crippen LogP contribution >= 0.6 is 50.7 Å². The molecule has 0 spiro atoms. The molecule has 13 heavy (non-hydrogen) atoms. The first-order valence-electron chi connectivity index (χ1n) is 3.30. The van der Waals surface area contributed by atoms with E-state index in [9.17, 15) is 4.79 Å². The molecule has 0 bridgehead atoms. The smallest absolute Gasteiger partial charge is 0.252 e. The fraction of sp³-hybridized carbons (Fsp3) is 0.571. The number of carbonyl (C=O) groups is 1. The fourth-order valence-electron chi connectivity index (χ4n) is 0.547. The predicted molar refractivity (Wildman–Crippen MR) is 58.8 cm³/mol. The quantitative estimate of drug-likeness (QED) is 0.454. The molecule has 0 N–H and O–H groups in total. The van der Waals surface area contributed by atoms with Crippen molar-refractivity contribution < 1.29 is 9.53 Å². The molecule has 0 rings (SSSR count). The Balaban J connectivity index is 4.62. The maximum absolute atomic E-state index is 11.2. The molecular formula is C7H8BrCl3O2. The first-order valence-corrected chi connectivity index (χ1v) is 5.34. The molecule has 1 atom stereocenters. The van der Waals surface area contributed by atoms with Gasteiger partial charge in [0, 0.05) is 6.08 Å². The van der Waals surface area contributed by atoms with Gasteiger partial charge in [0.25, 0.3) is 3.79 Å². The van der Waals surface area contributed by atoms with E-state index in [1.54, 1.807) is 6.92 Å². The maximum Gasteiger partial charge on any atom is 0.252 e. The molecule has 6 heteroatoms. The van der Waals surface area contributed by atoms with Crippen molar-refractivity contribution >= 4 is 56.5 Å². The van der Waals surface area contributed by atoms with Crippen LogP contribution in [0, 0.1) is 0 Å². The molecule has 0 aliphatic carbocycles. The van der Waals surface area contributed by atoms with Crippen molar-refractivity contribution in [1.29, 1.82) is 0 Å². The molecular weight excluding hydrogens is 302 g/mol. The molecule has 0 aliphatic rings. The van der Waals surface area contributed by atoms with Crippen molar-refractivity contribution in [3.8, 4) is 0 Å². The summed E-state index contributed by atoms with van der Waals surface area (Å²) in [5.41, 5.74) is 0. The van der Waals surface area contributed by atoms with Crippen molar-refractivity contribution in [1.82, 2.24) is 0 Å². The minimum absolute atomic E-state index is 0.103. The molecule has 0 saturated carbocycles. The molecule has 0 aromatic carbocycles. The van der Waals surface area contributed by atoms with Gasteiger partial charge in [-0.25, -0.2) is 0 Å². The molecule has 2 nitrogen and oxygen atoms in total. The lowest BCUT2D eigenvalue weighted by molar-refractivity contribution is -0.114. The highest BCUT2D eigenvalue weighted by molar-refractivity contribution is 9.09. The van der Waals surface area contributed by atoms with Gasteiger partial charge in [-0.1, -0.05) is 50.7 Å². The van der Waals surface area contributed by atoms with Crippen LogP contribution in [0.25, 0.3) is 0 Å². The van der Waals surface area contributed by atoms with Crippen molar-refractivity contribution in [2.45, 2.75) is 15.5 Å². The molecule has 0 aromatic rings. The van der Waals surface area contributed by atoms with Gasteiger partial charge < -0.3 is 4.74 Å². The summed E-state index contributed by atoms with van der Waals surface area (Å²) in [6, 6.07) is 0. The van der Waals surface area contributed by atoms with Crippen molar-refractivity contribution in [2.24, 2.45) is 0 Å². The van der Waals surface area contributed by atoms with Crippen LogP contribution in [-0.2, 0) is 9.53 Å². The third-order valence-corrected chi connectivity index (χ3v) is 2.19. The van der Waals surface area contributed by atoms with E-state index in [-0.39, 0.29) is 4.83 Å². The molecule has 1 unspecified atom stereocenters. The average molecular weight is 310 g/mol. The average Bonchev–Trinajstić information content (AvgIpc) is 1.96. The number of rotatable bonds is 3. The van der Waals surface area contributed by atoms with Gasteiger partial charge in [-0.3, -0.25) is 4.79 Å². The molecule has 0 radical (unpaired) electrons. The largest absolute Gasteiger partial charge is 0.500 e. The number of hydrogen-bond acceptors (Lipinski definition) is 2. The summed E-state index contributed by atoms with van der Waals surface area (Å²) in [4.78, 5) is 11.1. The van der Waals surface area contributed by atoms with Crippen molar-refractivity contribution in [3.63, 3.8) is 0 Å². The van der Waals surface area contributed by atoms with Crippen LogP contribution in [0.3, 0.4) is 0 Å². The second kappa shape index (κ2) is 5.44. The third-order valence-electron chi connectivity index (χ3n) is 1.18. The fourth-order valence-corrected chi connectivity index (χ4v) is 1.03. The van der Waals surface area contributed by atoms with Gasteiger partial charge in [0.1, 0.15) is 5.76 Å². The zero-order chi connectivity index (χ0) is 10.6. The van der Waals surface area contributed by atoms with E-state index in [1.165, 1.54) is 7.11 Å². The molecule has 0 amide bonds. The summed E-state index contributed by atoms with van der Waals surface area (Å²) in [6.45, 7) is 1.79. The Kier molecular flexibility index (Phi) is 5.68. The molecule has 0 heterocycles. The van der Waals surface area contributed by atoms with E-state index in [0.717, 1.165) is 6.08 Å². The summed E-state index contributed by atoms with van der Waals surface area (Å²) >= 11 is 19.3. The summed E-state index contributed by atoms with van der Waals surface area (Å²) in [6.07, 6.45) is 1.16. The van der Waals surface area contributed by atoms with Gasteiger partial charge in [0.05, 0.1) is 11.9 Å². The van der Waals surface area contributed by atoms with E-state index < -0.39 is 9.58 Å². The lowest BCUT2D eigenvalue weighted by Gasteiger charge is -2.10. The van der Waals surface area contributed by atoms with Gasteiger partial charge >= 0.3 is 0 Å².